The molecule has 0 saturated carbocycles. The van der Waals surface area contributed by atoms with Gasteiger partial charge in [-0.1, -0.05) is 54.6 Å². The lowest BCUT2D eigenvalue weighted by Crippen LogP contribution is -2.00. The first-order valence-corrected chi connectivity index (χ1v) is 11.7. The Labute approximate surface area is 206 Å². The van der Waals surface area contributed by atoms with Crippen LogP contribution in [0.4, 0.5) is 0 Å². The predicted molar refractivity (Wildman–Crippen MR) is 143 cm³/mol. The molecule has 0 spiro atoms. The van der Waals surface area contributed by atoms with Gasteiger partial charge in [-0.3, -0.25) is 0 Å². The predicted octanol–water partition coefficient (Wildman–Crippen LogP) is 8.09. The Bertz CT molecular complexity index is 2080. The number of nitrogens with zero attached hydrogens (tertiary/aromatic N) is 3. The van der Waals surface area contributed by atoms with Crippen molar-refractivity contribution < 1.29 is 4.42 Å². The summed E-state index contributed by atoms with van der Waals surface area (Å²) in [4.78, 5) is 0. The van der Waals surface area contributed by atoms with Gasteiger partial charge in [-0.15, -0.1) is 0 Å². The van der Waals surface area contributed by atoms with Crippen molar-refractivity contribution >= 4 is 43.7 Å². The smallest absolute Gasteiger partial charge is 0.135 e. The third-order valence-corrected chi connectivity index (χ3v) is 6.87. The van der Waals surface area contributed by atoms with Gasteiger partial charge in [0.2, 0.25) is 0 Å². The van der Waals surface area contributed by atoms with Gasteiger partial charge in [-0.2, -0.15) is 10.5 Å². The maximum atomic E-state index is 10.2. The molecule has 0 radical (unpaired) electrons. The average Bonchev–Trinajstić information content (AvgIpc) is 3.47. The highest BCUT2D eigenvalue weighted by Gasteiger charge is 2.19. The van der Waals surface area contributed by atoms with E-state index < -0.39 is 0 Å². The number of rotatable bonds is 2. The zero-order chi connectivity index (χ0) is 24.2. The van der Waals surface area contributed by atoms with Crippen molar-refractivity contribution in [2.45, 2.75) is 0 Å². The average molecular weight is 460 g/mol. The molecule has 0 N–H and O–H groups in total. The second-order valence-electron chi connectivity index (χ2n) is 8.82. The van der Waals surface area contributed by atoms with E-state index in [0.717, 1.165) is 60.6 Å². The monoisotopic (exact) mass is 459 g/mol. The summed E-state index contributed by atoms with van der Waals surface area (Å²) in [6.45, 7) is 0. The molecule has 0 unspecified atom stereocenters. The number of hydrogen-bond donors (Lipinski definition) is 0. The summed E-state index contributed by atoms with van der Waals surface area (Å²) in [6.07, 6.45) is 0. The van der Waals surface area contributed by atoms with Crippen molar-refractivity contribution in [3.8, 4) is 29.0 Å². The molecule has 0 saturated heterocycles. The Morgan fingerprint density at radius 2 is 1.36 bits per heavy atom. The van der Waals surface area contributed by atoms with Gasteiger partial charge in [0, 0.05) is 27.1 Å². The first-order valence-electron chi connectivity index (χ1n) is 11.7. The van der Waals surface area contributed by atoms with E-state index in [-0.39, 0.29) is 0 Å². The van der Waals surface area contributed by atoms with Crippen LogP contribution in [0, 0.1) is 22.7 Å². The molecule has 0 amide bonds. The largest absolute Gasteiger partial charge is 0.456 e. The van der Waals surface area contributed by atoms with Crippen LogP contribution in [0.5, 0.6) is 0 Å². The molecule has 4 nitrogen and oxygen atoms in total. The van der Waals surface area contributed by atoms with Gasteiger partial charge in [0.15, 0.2) is 0 Å². The Kier molecular flexibility index (Phi) is 4.24. The van der Waals surface area contributed by atoms with E-state index in [2.05, 4.69) is 47.0 Å². The minimum atomic E-state index is 0.580. The van der Waals surface area contributed by atoms with Crippen LogP contribution < -0.4 is 0 Å². The molecular weight excluding hydrogens is 442 g/mol. The summed E-state index contributed by atoms with van der Waals surface area (Å²) in [5, 5.41) is 23.8. The fourth-order valence-electron chi connectivity index (χ4n) is 5.28. The third-order valence-electron chi connectivity index (χ3n) is 6.87. The van der Waals surface area contributed by atoms with Crippen LogP contribution in [0.15, 0.2) is 108 Å². The first-order chi connectivity index (χ1) is 17.8. The SMILES string of the molecule is N#Cc1ccc2c(c1)c1ccccc1n2-c1c(C#N)cccc1-c1ccc2oc3ccccc3c2c1. The molecule has 0 fully saturated rings. The van der Waals surface area contributed by atoms with Crippen LogP contribution in [0.2, 0.25) is 0 Å². The Balaban J connectivity index is 1.59. The zero-order valence-corrected chi connectivity index (χ0v) is 19.1. The normalized spacial score (nSPS) is 11.3. The van der Waals surface area contributed by atoms with Crippen molar-refractivity contribution in [3.63, 3.8) is 0 Å². The number of fused-ring (bicyclic) bond motifs is 6. The molecule has 5 aromatic carbocycles. The van der Waals surface area contributed by atoms with Crippen LogP contribution in [-0.2, 0) is 0 Å². The quantitative estimate of drug-likeness (QED) is 0.262. The molecule has 0 aliphatic carbocycles. The second-order valence-corrected chi connectivity index (χ2v) is 8.82. The summed E-state index contributed by atoms with van der Waals surface area (Å²) < 4.78 is 8.19. The molecule has 7 aromatic rings. The number of nitriles is 2. The molecule has 2 aromatic heterocycles. The van der Waals surface area contributed by atoms with Gasteiger partial charge >= 0.3 is 0 Å². The van der Waals surface area contributed by atoms with E-state index in [1.54, 1.807) is 0 Å². The molecule has 7 rings (SSSR count). The highest BCUT2D eigenvalue weighted by atomic mass is 16.3. The zero-order valence-electron chi connectivity index (χ0n) is 19.1. The van der Waals surface area contributed by atoms with Crippen molar-refractivity contribution in [1.82, 2.24) is 4.57 Å². The van der Waals surface area contributed by atoms with Crippen molar-refractivity contribution in [2.24, 2.45) is 0 Å². The van der Waals surface area contributed by atoms with Gasteiger partial charge in [-0.05, 0) is 54.1 Å². The first kappa shape index (κ1) is 20.1. The number of furan rings is 1. The van der Waals surface area contributed by atoms with E-state index in [4.69, 9.17) is 4.42 Å². The van der Waals surface area contributed by atoms with E-state index in [1.807, 2.05) is 72.8 Å². The number of aromatic nitrogens is 1. The summed E-state index contributed by atoms with van der Waals surface area (Å²) in [5.41, 5.74) is 7.59. The molecule has 2 heterocycles. The Morgan fingerprint density at radius 3 is 2.22 bits per heavy atom. The van der Waals surface area contributed by atoms with Crippen molar-refractivity contribution in [1.29, 1.82) is 10.5 Å². The molecule has 166 valence electrons. The van der Waals surface area contributed by atoms with Crippen LogP contribution >= 0.6 is 0 Å². The molecule has 0 aliphatic heterocycles. The molecule has 0 atom stereocenters. The second kappa shape index (κ2) is 7.60. The van der Waals surface area contributed by atoms with Gasteiger partial charge < -0.3 is 8.98 Å². The number of benzene rings is 5. The van der Waals surface area contributed by atoms with E-state index in [9.17, 15) is 10.5 Å². The van der Waals surface area contributed by atoms with Crippen LogP contribution in [0.25, 0.3) is 60.6 Å². The Hall–Kier alpha value is -5.32. The minimum Gasteiger partial charge on any atom is -0.456 e. The lowest BCUT2D eigenvalue weighted by molar-refractivity contribution is 0.669. The highest BCUT2D eigenvalue weighted by Crippen LogP contribution is 2.39. The third kappa shape index (κ3) is 2.79. The fourth-order valence-corrected chi connectivity index (χ4v) is 5.28. The van der Waals surface area contributed by atoms with E-state index in [1.165, 1.54) is 0 Å². The molecule has 0 bridgehead atoms. The summed E-state index contributed by atoms with van der Waals surface area (Å²) >= 11 is 0. The van der Waals surface area contributed by atoms with Gasteiger partial charge in [0.05, 0.1) is 33.9 Å². The van der Waals surface area contributed by atoms with Gasteiger partial charge in [0.1, 0.15) is 17.2 Å². The maximum Gasteiger partial charge on any atom is 0.135 e. The maximum absolute atomic E-state index is 10.2. The van der Waals surface area contributed by atoms with Crippen molar-refractivity contribution in [2.75, 3.05) is 0 Å². The van der Waals surface area contributed by atoms with Gasteiger partial charge in [-0.25, -0.2) is 0 Å². The van der Waals surface area contributed by atoms with Crippen LogP contribution in [-0.4, -0.2) is 4.57 Å². The lowest BCUT2D eigenvalue weighted by Gasteiger charge is -2.16. The van der Waals surface area contributed by atoms with Crippen LogP contribution in [0.1, 0.15) is 11.1 Å². The van der Waals surface area contributed by atoms with E-state index in [0.29, 0.717) is 11.1 Å². The summed E-state index contributed by atoms with van der Waals surface area (Å²) in [7, 11) is 0. The molecule has 0 aliphatic rings. The van der Waals surface area contributed by atoms with Crippen molar-refractivity contribution in [3.05, 3.63) is 114 Å². The standard InChI is InChI=1S/C32H17N3O/c33-18-20-12-14-29-26(16-20)24-7-1-3-10-28(24)35(29)32-22(19-34)6-5-9-23(32)21-13-15-31-27(17-21)25-8-2-4-11-30(25)36-31/h1-17H. The number of para-hydroxylation sites is 3. The summed E-state index contributed by atoms with van der Waals surface area (Å²) in [6, 6.07) is 38.6. The minimum absolute atomic E-state index is 0.580. The summed E-state index contributed by atoms with van der Waals surface area (Å²) in [5.74, 6) is 0. The van der Waals surface area contributed by atoms with E-state index >= 15 is 0 Å². The van der Waals surface area contributed by atoms with Gasteiger partial charge in [0.25, 0.3) is 0 Å². The molecular formula is C32H17N3O. The fraction of sp³-hybridized carbons (Fsp3) is 0. The van der Waals surface area contributed by atoms with Crippen LogP contribution in [0.3, 0.4) is 0 Å². The number of hydrogen-bond acceptors (Lipinski definition) is 3. The Morgan fingerprint density at radius 1 is 0.583 bits per heavy atom. The lowest BCUT2D eigenvalue weighted by atomic mass is 9.98. The molecule has 36 heavy (non-hydrogen) atoms. The molecule has 4 heteroatoms. The topological polar surface area (TPSA) is 65.7 Å². The highest BCUT2D eigenvalue weighted by molar-refractivity contribution is 6.11.